The molecule has 0 aliphatic carbocycles. The summed E-state index contributed by atoms with van der Waals surface area (Å²) in [5.74, 6) is -2.48. The fourth-order valence-electron chi connectivity index (χ4n) is 4.10. The highest BCUT2D eigenvalue weighted by Crippen LogP contribution is 2.31. The van der Waals surface area contributed by atoms with Crippen molar-refractivity contribution in [2.24, 2.45) is 5.92 Å². The van der Waals surface area contributed by atoms with E-state index < -0.39 is 35.8 Å². The van der Waals surface area contributed by atoms with E-state index in [4.69, 9.17) is 9.47 Å². The first kappa shape index (κ1) is 24.9. The van der Waals surface area contributed by atoms with Gasteiger partial charge >= 0.3 is 11.9 Å². The molecule has 0 heterocycles. The molecule has 34 heavy (non-hydrogen) atoms. The zero-order valence-electron chi connectivity index (χ0n) is 20.2. The Hall–Kier alpha value is -3.73. The van der Waals surface area contributed by atoms with E-state index >= 15 is 0 Å². The standard InChI is InChI=1S/C29H30O5/c1-18-16-19(2)25(20(3)17-18)26(30)29(32)33-22(5)21(4)27(23-12-8-6-9-13-23)34-28(31)24-14-10-7-11-15-24/h6-17,21-22,27H,1-5H3. The summed E-state index contributed by atoms with van der Waals surface area (Å²) in [6, 6.07) is 21.8. The smallest absolute Gasteiger partial charge is 0.379 e. The first-order valence-corrected chi connectivity index (χ1v) is 11.3. The van der Waals surface area contributed by atoms with E-state index in [0.29, 0.717) is 11.1 Å². The summed E-state index contributed by atoms with van der Waals surface area (Å²) in [5.41, 5.74) is 4.07. The van der Waals surface area contributed by atoms with Crippen LogP contribution in [0.15, 0.2) is 72.8 Å². The van der Waals surface area contributed by atoms with Crippen molar-refractivity contribution >= 4 is 17.7 Å². The highest BCUT2D eigenvalue weighted by molar-refractivity contribution is 6.41. The van der Waals surface area contributed by atoms with Crippen molar-refractivity contribution in [2.75, 3.05) is 0 Å². The summed E-state index contributed by atoms with van der Waals surface area (Å²) in [6.45, 7) is 9.09. The number of aryl methyl sites for hydroxylation is 3. The van der Waals surface area contributed by atoms with E-state index in [1.54, 1.807) is 45.0 Å². The topological polar surface area (TPSA) is 69.7 Å². The molecule has 0 saturated heterocycles. The average molecular weight is 459 g/mol. The largest absolute Gasteiger partial charge is 0.456 e. The minimum atomic E-state index is -0.921. The number of carbonyl (C=O) groups excluding carboxylic acids is 3. The predicted octanol–water partition coefficient (Wildman–Crippen LogP) is 5.96. The quantitative estimate of drug-likeness (QED) is 0.237. The molecule has 3 atom stereocenters. The summed E-state index contributed by atoms with van der Waals surface area (Å²) in [7, 11) is 0. The molecule has 0 aliphatic rings. The minimum absolute atomic E-state index is 0.366. The van der Waals surface area contributed by atoms with E-state index in [2.05, 4.69) is 0 Å². The molecule has 0 spiro atoms. The van der Waals surface area contributed by atoms with E-state index in [9.17, 15) is 14.4 Å². The number of benzene rings is 3. The molecule has 5 nitrogen and oxygen atoms in total. The second kappa shape index (κ2) is 10.9. The Morgan fingerprint density at radius 1 is 0.735 bits per heavy atom. The fourth-order valence-corrected chi connectivity index (χ4v) is 4.10. The van der Waals surface area contributed by atoms with Crippen molar-refractivity contribution in [3.63, 3.8) is 0 Å². The molecule has 0 N–H and O–H groups in total. The first-order valence-electron chi connectivity index (χ1n) is 11.3. The number of hydrogen-bond acceptors (Lipinski definition) is 5. The van der Waals surface area contributed by atoms with Crippen LogP contribution in [-0.2, 0) is 14.3 Å². The Balaban J connectivity index is 1.79. The maximum Gasteiger partial charge on any atom is 0.379 e. The van der Waals surface area contributed by atoms with Gasteiger partial charge < -0.3 is 9.47 Å². The number of ketones is 1. The van der Waals surface area contributed by atoms with E-state index in [0.717, 1.165) is 22.3 Å². The van der Waals surface area contributed by atoms with E-state index in [1.807, 2.05) is 62.4 Å². The van der Waals surface area contributed by atoms with Crippen LogP contribution in [0.5, 0.6) is 0 Å². The number of rotatable bonds is 8. The zero-order valence-corrected chi connectivity index (χ0v) is 20.2. The van der Waals surface area contributed by atoms with Crippen LogP contribution in [-0.4, -0.2) is 23.8 Å². The molecule has 0 aliphatic heterocycles. The van der Waals surface area contributed by atoms with Crippen LogP contribution < -0.4 is 0 Å². The molecular weight excluding hydrogens is 428 g/mol. The van der Waals surface area contributed by atoms with Gasteiger partial charge in [-0.05, 0) is 56.5 Å². The molecule has 0 aromatic heterocycles. The number of hydrogen-bond donors (Lipinski definition) is 0. The molecule has 0 fully saturated rings. The van der Waals surface area contributed by atoms with Gasteiger partial charge in [-0.2, -0.15) is 0 Å². The summed E-state index contributed by atoms with van der Waals surface area (Å²) >= 11 is 0. The number of carbonyl (C=O) groups is 3. The Kier molecular flexibility index (Phi) is 8.00. The Morgan fingerprint density at radius 3 is 1.82 bits per heavy atom. The third-order valence-corrected chi connectivity index (χ3v) is 5.97. The monoisotopic (exact) mass is 458 g/mol. The SMILES string of the molecule is Cc1cc(C)c(C(=O)C(=O)OC(C)C(C)C(OC(=O)c2ccccc2)c2ccccc2)c(C)c1. The van der Waals surface area contributed by atoms with Gasteiger partial charge in [-0.3, -0.25) is 4.79 Å². The third-order valence-electron chi connectivity index (χ3n) is 5.97. The lowest BCUT2D eigenvalue weighted by molar-refractivity contribution is -0.146. The molecule has 3 aromatic rings. The molecule has 0 radical (unpaired) electrons. The van der Waals surface area contributed by atoms with Crippen molar-refractivity contribution in [2.45, 2.75) is 46.8 Å². The molecule has 176 valence electrons. The van der Waals surface area contributed by atoms with Crippen molar-refractivity contribution in [1.82, 2.24) is 0 Å². The van der Waals surface area contributed by atoms with Gasteiger partial charge in [0.2, 0.25) is 0 Å². The van der Waals surface area contributed by atoms with Crippen LogP contribution in [0, 0.1) is 26.7 Å². The van der Waals surface area contributed by atoms with Gasteiger partial charge in [-0.15, -0.1) is 0 Å². The lowest BCUT2D eigenvalue weighted by Gasteiger charge is -2.29. The van der Waals surface area contributed by atoms with Crippen LogP contribution in [0.4, 0.5) is 0 Å². The van der Waals surface area contributed by atoms with Crippen LogP contribution in [0.1, 0.15) is 62.9 Å². The number of esters is 2. The summed E-state index contributed by atoms with van der Waals surface area (Å²) in [5, 5.41) is 0. The van der Waals surface area contributed by atoms with Gasteiger partial charge in [0.25, 0.3) is 5.78 Å². The van der Waals surface area contributed by atoms with Crippen LogP contribution >= 0.6 is 0 Å². The molecule has 3 rings (SSSR count). The minimum Gasteiger partial charge on any atom is -0.456 e. The van der Waals surface area contributed by atoms with Gasteiger partial charge in [0.1, 0.15) is 12.2 Å². The highest BCUT2D eigenvalue weighted by Gasteiger charge is 2.32. The second-order valence-electron chi connectivity index (χ2n) is 8.68. The van der Waals surface area contributed by atoms with Crippen molar-refractivity contribution in [3.05, 3.63) is 106 Å². The van der Waals surface area contributed by atoms with Gasteiger partial charge in [-0.1, -0.05) is 73.2 Å². The number of Topliss-reactive ketones (excluding diaryl/α,β-unsaturated/α-hetero) is 1. The summed E-state index contributed by atoms with van der Waals surface area (Å²) < 4.78 is 11.4. The normalized spacial score (nSPS) is 13.4. The average Bonchev–Trinajstić information content (AvgIpc) is 2.82. The Morgan fingerprint density at radius 2 is 1.26 bits per heavy atom. The molecular formula is C29H30O5. The molecule has 3 unspecified atom stereocenters. The van der Waals surface area contributed by atoms with E-state index in [1.165, 1.54) is 0 Å². The van der Waals surface area contributed by atoms with Gasteiger partial charge in [0, 0.05) is 11.5 Å². The predicted molar refractivity (Wildman–Crippen MR) is 131 cm³/mol. The van der Waals surface area contributed by atoms with Crippen LogP contribution in [0.2, 0.25) is 0 Å². The zero-order chi connectivity index (χ0) is 24.8. The second-order valence-corrected chi connectivity index (χ2v) is 8.68. The maximum absolute atomic E-state index is 12.9. The molecule has 0 bridgehead atoms. The maximum atomic E-state index is 12.9. The fraction of sp³-hybridized carbons (Fsp3) is 0.276. The summed E-state index contributed by atoms with van der Waals surface area (Å²) in [6.07, 6.45) is -1.36. The van der Waals surface area contributed by atoms with Crippen molar-refractivity contribution < 1.29 is 23.9 Å². The molecule has 5 heteroatoms. The van der Waals surface area contributed by atoms with Gasteiger partial charge in [-0.25, -0.2) is 9.59 Å². The molecule has 0 saturated carbocycles. The highest BCUT2D eigenvalue weighted by atomic mass is 16.6. The van der Waals surface area contributed by atoms with Gasteiger partial charge in [0.05, 0.1) is 5.56 Å². The van der Waals surface area contributed by atoms with E-state index in [-0.39, 0.29) is 0 Å². The Labute approximate surface area is 200 Å². The van der Waals surface area contributed by atoms with Crippen molar-refractivity contribution in [1.29, 1.82) is 0 Å². The number of ether oxygens (including phenoxy) is 2. The lowest BCUT2D eigenvalue weighted by atomic mass is 9.92. The summed E-state index contributed by atoms with van der Waals surface area (Å²) in [4.78, 5) is 38.5. The Bertz CT molecular complexity index is 1140. The van der Waals surface area contributed by atoms with Crippen molar-refractivity contribution in [3.8, 4) is 0 Å². The van der Waals surface area contributed by atoms with Gasteiger partial charge in [0.15, 0.2) is 0 Å². The third kappa shape index (κ3) is 5.79. The van der Waals surface area contributed by atoms with Crippen LogP contribution in [0.25, 0.3) is 0 Å². The first-order chi connectivity index (χ1) is 16.2. The molecule has 3 aromatic carbocycles. The lowest BCUT2D eigenvalue weighted by Crippen LogP contribution is -2.32. The van der Waals surface area contributed by atoms with Crippen LogP contribution in [0.3, 0.4) is 0 Å². The molecule has 0 amide bonds.